The highest BCUT2D eigenvalue weighted by Gasteiger charge is 2.36. The molecule has 0 unspecified atom stereocenters. The van der Waals surface area contributed by atoms with Crippen molar-refractivity contribution in [1.29, 1.82) is 0 Å². The third-order valence-corrected chi connectivity index (χ3v) is 4.49. The minimum atomic E-state index is -0.435. The number of hydrogen-bond donors (Lipinski definition) is 1. The number of amides is 1. The summed E-state index contributed by atoms with van der Waals surface area (Å²) in [7, 11) is 0. The van der Waals surface area contributed by atoms with Gasteiger partial charge in [-0.2, -0.15) is 0 Å². The Morgan fingerprint density at radius 2 is 1.68 bits per heavy atom. The topological polar surface area (TPSA) is 51.2 Å². The zero-order chi connectivity index (χ0) is 17.2. The summed E-state index contributed by atoms with van der Waals surface area (Å²) in [6, 6.07) is 19.1. The molecule has 1 fully saturated rings. The minimum Gasteiger partial charge on any atom is -0.439 e. The van der Waals surface area contributed by atoms with Crippen LogP contribution in [0.2, 0.25) is 5.02 Å². The van der Waals surface area contributed by atoms with Crippen LogP contribution in [-0.4, -0.2) is 11.1 Å². The van der Waals surface area contributed by atoms with Gasteiger partial charge in [0.05, 0.1) is 0 Å². The first kappa shape index (κ1) is 15.7. The highest BCUT2D eigenvalue weighted by atomic mass is 35.5. The average Bonchev–Trinajstić information content (AvgIpc) is 3.05. The second kappa shape index (κ2) is 6.57. The Kier molecular flexibility index (Phi) is 4.12. The van der Waals surface area contributed by atoms with Crippen molar-refractivity contribution in [2.75, 3.05) is 0 Å². The monoisotopic (exact) mass is 350 g/mol. The van der Waals surface area contributed by atoms with Gasteiger partial charge in [-0.25, -0.2) is 4.79 Å². The zero-order valence-electron chi connectivity index (χ0n) is 13.2. The molecule has 1 aliphatic heterocycles. The molecular weight excluding hydrogens is 336 g/mol. The van der Waals surface area contributed by atoms with Crippen LogP contribution < -0.4 is 5.32 Å². The molecule has 0 saturated carbocycles. The lowest BCUT2D eigenvalue weighted by molar-refractivity contribution is 0.132. The minimum absolute atomic E-state index is 0.301. The van der Waals surface area contributed by atoms with Gasteiger partial charge in [-0.1, -0.05) is 54.1 Å². The summed E-state index contributed by atoms with van der Waals surface area (Å²) < 4.78 is 5.48. The normalized spacial score (nSPS) is 19.3. The van der Waals surface area contributed by atoms with Gasteiger partial charge in [0.1, 0.15) is 6.04 Å². The lowest BCUT2D eigenvalue weighted by atomic mass is 9.96. The summed E-state index contributed by atoms with van der Waals surface area (Å²) in [4.78, 5) is 16.2. The largest absolute Gasteiger partial charge is 0.439 e. The predicted octanol–water partition coefficient (Wildman–Crippen LogP) is 4.92. The number of rotatable bonds is 3. The second-order valence-electron chi connectivity index (χ2n) is 5.87. The van der Waals surface area contributed by atoms with E-state index in [9.17, 15) is 4.79 Å². The van der Waals surface area contributed by atoms with Crippen LogP contribution in [0.1, 0.15) is 23.3 Å². The first-order chi connectivity index (χ1) is 12.2. The number of aromatic nitrogens is 1. The van der Waals surface area contributed by atoms with Gasteiger partial charge in [0.15, 0.2) is 6.10 Å². The molecule has 1 N–H and O–H groups in total. The van der Waals surface area contributed by atoms with Gasteiger partial charge < -0.3 is 10.1 Å². The summed E-state index contributed by atoms with van der Waals surface area (Å²) in [5.41, 5.74) is 3.85. The maximum absolute atomic E-state index is 11.9. The number of nitrogens with one attached hydrogen (secondary N) is 1. The molecule has 1 amide bonds. The molecule has 0 aliphatic carbocycles. The number of hydrogen-bond acceptors (Lipinski definition) is 3. The first-order valence-electron chi connectivity index (χ1n) is 7.94. The molecule has 0 bridgehead atoms. The van der Waals surface area contributed by atoms with Gasteiger partial charge in [-0.05, 0) is 34.9 Å². The molecule has 2 aromatic carbocycles. The van der Waals surface area contributed by atoms with Gasteiger partial charge in [0.2, 0.25) is 0 Å². The van der Waals surface area contributed by atoms with Crippen LogP contribution in [0.5, 0.6) is 0 Å². The van der Waals surface area contributed by atoms with Gasteiger partial charge in [0, 0.05) is 23.0 Å². The Morgan fingerprint density at radius 1 is 0.920 bits per heavy atom. The van der Waals surface area contributed by atoms with Crippen LogP contribution in [0.25, 0.3) is 11.1 Å². The van der Waals surface area contributed by atoms with Crippen LogP contribution in [0.15, 0.2) is 73.1 Å². The fourth-order valence-corrected chi connectivity index (χ4v) is 3.13. The number of halogens is 1. The standard InChI is InChI=1S/C20H15ClN2O2/c21-17-8-6-14(7-9-17)19-18(23-20(24)25-19)16-10-15(11-22-12-16)13-4-2-1-3-5-13/h1-12,18-19H,(H,23,24)/t18-,19-/m0/s1. The van der Waals surface area contributed by atoms with Crippen molar-refractivity contribution in [1.82, 2.24) is 10.3 Å². The Morgan fingerprint density at radius 3 is 2.44 bits per heavy atom. The van der Waals surface area contributed by atoms with Gasteiger partial charge in [-0.3, -0.25) is 4.98 Å². The maximum atomic E-state index is 11.9. The molecule has 1 saturated heterocycles. The predicted molar refractivity (Wildman–Crippen MR) is 96.2 cm³/mol. The van der Waals surface area contributed by atoms with Crippen molar-refractivity contribution in [2.24, 2.45) is 0 Å². The molecule has 3 aromatic rings. The number of pyridine rings is 1. The van der Waals surface area contributed by atoms with Crippen molar-refractivity contribution >= 4 is 17.7 Å². The summed E-state index contributed by atoms with van der Waals surface area (Å²) in [5.74, 6) is 0. The molecule has 2 heterocycles. The second-order valence-corrected chi connectivity index (χ2v) is 6.31. The molecule has 5 heteroatoms. The molecule has 1 aromatic heterocycles. The molecule has 124 valence electrons. The fraction of sp³-hybridized carbons (Fsp3) is 0.100. The summed E-state index contributed by atoms with van der Waals surface area (Å²) in [6.07, 6.45) is 2.72. The number of nitrogens with zero attached hydrogens (tertiary/aromatic N) is 1. The van der Waals surface area contributed by atoms with Crippen LogP contribution in [0.4, 0.5) is 4.79 Å². The highest BCUT2D eigenvalue weighted by Crippen LogP contribution is 2.37. The van der Waals surface area contributed by atoms with E-state index in [0.29, 0.717) is 5.02 Å². The number of carbonyl (C=O) groups excluding carboxylic acids is 1. The van der Waals surface area contributed by atoms with Crippen LogP contribution in [-0.2, 0) is 4.74 Å². The smallest absolute Gasteiger partial charge is 0.408 e. The van der Waals surface area contributed by atoms with Crippen molar-refractivity contribution in [3.63, 3.8) is 0 Å². The number of ether oxygens (including phenoxy) is 1. The Labute approximate surface area is 150 Å². The van der Waals surface area contributed by atoms with Crippen molar-refractivity contribution in [3.05, 3.63) is 89.2 Å². The summed E-state index contributed by atoms with van der Waals surface area (Å²) >= 11 is 5.96. The Hall–Kier alpha value is -2.85. The molecule has 25 heavy (non-hydrogen) atoms. The molecular formula is C20H15ClN2O2. The van der Waals surface area contributed by atoms with Crippen molar-refractivity contribution < 1.29 is 9.53 Å². The molecule has 4 nitrogen and oxygen atoms in total. The Bertz CT molecular complexity index is 897. The third kappa shape index (κ3) is 3.21. The van der Waals surface area contributed by atoms with Gasteiger partial charge in [0.25, 0.3) is 0 Å². The molecule has 0 spiro atoms. The number of benzene rings is 2. The van der Waals surface area contributed by atoms with Crippen LogP contribution in [0.3, 0.4) is 0 Å². The SMILES string of the molecule is O=C1N[C@@H](c2cncc(-c3ccccc3)c2)[C@H](c2ccc(Cl)cc2)O1. The fourth-order valence-electron chi connectivity index (χ4n) is 3.01. The number of cyclic esters (lactones) is 1. The number of carbonyl (C=O) groups is 1. The Balaban J connectivity index is 1.70. The molecule has 2 atom stereocenters. The van der Waals surface area contributed by atoms with E-state index in [2.05, 4.69) is 10.3 Å². The first-order valence-corrected chi connectivity index (χ1v) is 8.31. The van der Waals surface area contributed by atoms with Gasteiger partial charge >= 0.3 is 6.09 Å². The molecule has 1 aliphatic rings. The van der Waals surface area contributed by atoms with Gasteiger partial charge in [-0.15, -0.1) is 0 Å². The lowest BCUT2D eigenvalue weighted by Gasteiger charge is -2.18. The van der Waals surface area contributed by atoms with E-state index < -0.39 is 12.2 Å². The molecule has 4 rings (SSSR count). The van der Waals surface area contributed by atoms with E-state index in [1.807, 2.05) is 54.7 Å². The van der Waals surface area contributed by atoms with Crippen LogP contribution >= 0.6 is 11.6 Å². The van der Waals surface area contributed by atoms with E-state index in [4.69, 9.17) is 16.3 Å². The lowest BCUT2D eigenvalue weighted by Crippen LogP contribution is -2.19. The van der Waals surface area contributed by atoms with E-state index in [1.54, 1.807) is 18.3 Å². The van der Waals surface area contributed by atoms with Crippen LogP contribution in [0, 0.1) is 0 Å². The van der Waals surface area contributed by atoms with E-state index in [-0.39, 0.29) is 6.04 Å². The maximum Gasteiger partial charge on any atom is 0.408 e. The van der Waals surface area contributed by atoms with E-state index in [0.717, 1.165) is 22.3 Å². The average molecular weight is 351 g/mol. The van der Waals surface area contributed by atoms with Crippen molar-refractivity contribution in [3.8, 4) is 11.1 Å². The third-order valence-electron chi connectivity index (χ3n) is 4.23. The highest BCUT2D eigenvalue weighted by molar-refractivity contribution is 6.30. The number of alkyl carbamates (subject to hydrolysis) is 1. The van der Waals surface area contributed by atoms with Crippen molar-refractivity contribution in [2.45, 2.75) is 12.1 Å². The summed E-state index contributed by atoms with van der Waals surface area (Å²) in [5, 5.41) is 3.52. The van der Waals surface area contributed by atoms with E-state index >= 15 is 0 Å². The zero-order valence-corrected chi connectivity index (χ0v) is 14.0. The summed E-state index contributed by atoms with van der Waals surface area (Å²) in [6.45, 7) is 0. The quantitative estimate of drug-likeness (QED) is 0.729. The van der Waals surface area contributed by atoms with E-state index in [1.165, 1.54) is 0 Å². The molecule has 0 radical (unpaired) electrons.